The van der Waals surface area contributed by atoms with Crippen LogP contribution in [0.2, 0.25) is 0 Å². The number of hydrogen-bond acceptors (Lipinski definition) is 7. The molecule has 0 bridgehead atoms. The Labute approximate surface area is 175 Å². The third kappa shape index (κ3) is 5.91. The number of nitrogens with one attached hydrogen (secondary N) is 1. The SMILES string of the molecule is Cc1cc(C)nc(SCC(=O)Nc2ccccc2N2CCN(S(C)(=O)=O)CC2)n1. The van der Waals surface area contributed by atoms with Crippen molar-refractivity contribution in [1.29, 1.82) is 0 Å². The van der Waals surface area contributed by atoms with Crippen molar-refractivity contribution in [2.24, 2.45) is 0 Å². The highest BCUT2D eigenvalue weighted by atomic mass is 32.2. The number of thioether (sulfide) groups is 1. The van der Waals surface area contributed by atoms with Crippen molar-refractivity contribution >= 4 is 39.1 Å². The summed E-state index contributed by atoms with van der Waals surface area (Å²) in [6, 6.07) is 9.46. The number of aromatic nitrogens is 2. The number of carbonyl (C=O) groups is 1. The van der Waals surface area contributed by atoms with Crippen molar-refractivity contribution in [3.05, 3.63) is 41.7 Å². The Balaban J connectivity index is 1.62. The fraction of sp³-hybridized carbons (Fsp3) is 0.421. The number of rotatable bonds is 6. The van der Waals surface area contributed by atoms with Crippen LogP contribution < -0.4 is 10.2 Å². The number of piperazine rings is 1. The lowest BCUT2D eigenvalue weighted by molar-refractivity contribution is -0.113. The lowest BCUT2D eigenvalue weighted by Gasteiger charge is -2.35. The number of nitrogens with zero attached hydrogens (tertiary/aromatic N) is 4. The third-order valence-corrected chi connectivity index (χ3v) is 6.67. The molecule has 29 heavy (non-hydrogen) atoms. The summed E-state index contributed by atoms with van der Waals surface area (Å²) in [5.41, 5.74) is 3.35. The van der Waals surface area contributed by atoms with Crippen molar-refractivity contribution in [2.45, 2.75) is 19.0 Å². The van der Waals surface area contributed by atoms with Crippen molar-refractivity contribution in [1.82, 2.24) is 14.3 Å². The summed E-state index contributed by atoms with van der Waals surface area (Å²) in [7, 11) is -3.18. The van der Waals surface area contributed by atoms with Crippen LogP contribution in [0.1, 0.15) is 11.4 Å². The van der Waals surface area contributed by atoms with Crippen molar-refractivity contribution in [3.8, 4) is 0 Å². The normalized spacial score (nSPS) is 15.3. The standard InChI is InChI=1S/C19H25N5O3S2/c1-14-12-15(2)21-19(20-14)28-13-18(25)22-16-6-4-5-7-17(16)23-8-10-24(11-9-23)29(3,26)27/h4-7,12H,8-11,13H2,1-3H3,(H,22,25). The molecular weight excluding hydrogens is 410 g/mol. The maximum absolute atomic E-state index is 12.5. The summed E-state index contributed by atoms with van der Waals surface area (Å²) in [4.78, 5) is 23.3. The van der Waals surface area contributed by atoms with Gasteiger partial charge in [-0.1, -0.05) is 23.9 Å². The van der Waals surface area contributed by atoms with Crippen LogP contribution in [0.25, 0.3) is 0 Å². The number of benzene rings is 1. The van der Waals surface area contributed by atoms with Gasteiger partial charge in [-0.15, -0.1) is 0 Å². The minimum absolute atomic E-state index is 0.139. The Bertz CT molecular complexity index is 969. The first kappa shape index (κ1) is 21.5. The van der Waals surface area contributed by atoms with Crippen molar-refractivity contribution < 1.29 is 13.2 Å². The summed E-state index contributed by atoms with van der Waals surface area (Å²) in [5.74, 6) is 0.0685. The quantitative estimate of drug-likeness (QED) is 0.547. The van der Waals surface area contributed by atoms with Gasteiger partial charge in [-0.2, -0.15) is 4.31 Å². The van der Waals surface area contributed by atoms with Gasteiger partial charge in [-0.05, 0) is 32.0 Å². The molecule has 156 valence electrons. The Kier molecular flexibility index (Phi) is 6.76. The molecule has 1 aromatic carbocycles. The molecule has 1 aliphatic heterocycles. The number of carbonyl (C=O) groups excluding carboxylic acids is 1. The van der Waals surface area contributed by atoms with Crippen molar-refractivity contribution in [3.63, 3.8) is 0 Å². The minimum Gasteiger partial charge on any atom is -0.367 e. The van der Waals surface area contributed by atoms with Gasteiger partial charge in [0.15, 0.2) is 5.16 Å². The second-order valence-electron chi connectivity index (χ2n) is 6.94. The lowest BCUT2D eigenvalue weighted by atomic mass is 10.2. The summed E-state index contributed by atoms with van der Waals surface area (Å²) >= 11 is 1.30. The van der Waals surface area contributed by atoms with E-state index in [1.165, 1.54) is 22.3 Å². The Morgan fingerprint density at radius 3 is 2.34 bits per heavy atom. The van der Waals surface area contributed by atoms with Crippen LogP contribution in [0.4, 0.5) is 11.4 Å². The van der Waals surface area contributed by atoms with Crippen LogP contribution in [0, 0.1) is 13.8 Å². The van der Waals surface area contributed by atoms with E-state index in [0.29, 0.717) is 37.0 Å². The van der Waals surface area contributed by atoms with Gasteiger partial charge in [0.2, 0.25) is 15.9 Å². The lowest BCUT2D eigenvalue weighted by Crippen LogP contribution is -2.48. The molecule has 2 aromatic rings. The molecule has 0 saturated carbocycles. The molecule has 0 aliphatic carbocycles. The molecule has 3 rings (SSSR count). The van der Waals surface area contributed by atoms with Crippen LogP contribution in [-0.4, -0.2) is 66.8 Å². The first-order valence-corrected chi connectivity index (χ1v) is 12.1. The van der Waals surface area contributed by atoms with Gasteiger partial charge in [0.05, 0.1) is 23.4 Å². The average Bonchev–Trinajstić information content (AvgIpc) is 2.66. The Morgan fingerprint density at radius 2 is 1.72 bits per heavy atom. The molecule has 1 aliphatic rings. The number of hydrogen-bond donors (Lipinski definition) is 1. The summed E-state index contributed by atoms with van der Waals surface area (Å²) in [6.07, 6.45) is 1.23. The molecule has 0 radical (unpaired) electrons. The van der Waals surface area contributed by atoms with E-state index in [-0.39, 0.29) is 11.7 Å². The second kappa shape index (κ2) is 9.10. The molecule has 0 spiro atoms. The predicted octanol–water partition coefficient (Wildman–Crippen LogP) is 1.91. The van der Waals surface area contributed by atoms with Crippen LogP contribution in [0.5, 0.6) is 0 Å². The van der Waals surface area contributed by atoms with E-state index < -0.39 is 10.0 Å². The maximum Gasteiger partial charge on any atom is 0.234 e. The van der Waals surface area contributed by atoms with Gasteiger partial charge in [-0.3, -0.25) is 4.79 Å². The summed E-state index contributed by atoms with van der Waals surface area (Å²) in [6.45, 7) is 5.81. The highest BCUT2D eigenvalue weighted by Gasteiger charge is 2.24. The highest BCUT2D eigenvalue weighted by Crippen LogP contribution is 2.27. The van der Waals surface area contributed by atoms with Gasteiger partial charge < -0.3 is 10.2 Å². The monoisotopic (exact) mass is 435 g/mol. The first-order valence-electron chi connectivity index (χ1n) is 9.26. The zero-order valence-corrected chi connectivity index (χ0v) is 18.4. The number of para-hydroxylation sites is 2. The van der Waals surface area contributed by atoms with E-state index in [1.807, 2.05) is 44.2 Å². The number of sulfonamides is 1. The van der Waals surface area contributed by atoms with Crippen LogP contribution in [-0.2, 0) is 14.8 Å². The van der Waals surface area contributed by atoms with Crippen LogP contribution in [0.3, 0.4) is 0 Å². The van der Waals surface area contributed by atoms with E-state index in [4.69, 9.17) is 0 Å². The molecule has 1 saturated heterocycles. The smallest absolute Gasteiger partial charge is 0.234 e. The van der Waals surface area contributed by atoms with Crippen LogP contribution >= 0.6 is 11.8 Å². The Morgan fingerprint density at radius 1 is 1.10 bits per heavy atom. The summed E-state index contributed by atoms with van der Waals surface area (Å²) in [5, 5.41) is 3.55. The number of aryl methyl sites for hydroxylation is 2. The maximum atomic E-state index is 12.5. The molecule has 2 heterocycles. The molecule has 1 amide bonds. The fourth-order valence-electron chi connectivity index (χ4n) is 3.19. The largest absolute Gasteiger partial charge is 0.367 e. The molecule has 0 atom stereocenters. The third-order valence-electron chi connectivity index (χ3n) is 4.52. The van der Waals surface area contributed by atoms with E-state index in [9.17, 15) is 13.2 Å². The summed E-state index contributed by atoms with van der Waals surface area (Å²) < 4.78 is 24.9. The molecule has 1 fully saturated rings. The molecule has 1 N–H and O–H groups in total. The molecule has 0 unspecified atom stereocenters. The van der Waals surface area contributed by atoms with Gasteiger partial charge in [0, 0.05) is 37.6 Å². The van der Waals surface area contributed by atoms with E-state index in [1.54, 1.807) is 0 Å². The zero-order valence-electron chi connectivity index (χ0n) is 16.8. The topological polar surface area (TPSA) is 95.5 Å². The molecule has 1 aromatic heterocycles. The highest BCUT2D eigenvalue weighted by molar-refractivity contribution is 7.99. The zero-order chi connectivity index (χ0) is 21.0. The molecular formula is C19H25N5O3S2. The number of anilines is 2. The van der Waals surface area contributed by atoms with Crippen LogP contribution in [0.15, 0.2) is 35.5 Å². The predicted molar refractivity (Wildman–Crippen MR) is 116 cm³/mol. The average molecular weight is 436 g/mol. The molecule has 8 nitrogen and oxygen atoms in total. The van der Waals surface area contributed by atoms with E-state index >= 15 is 0 Å². The van der Waals surface area contributed by atoms with Gasteiger partial charge in [0.25, 0.3) is 0 Å². The molecule has 10 heteroatoms. The minimum atomic E-state index is -3.18. The van der Waals surface area contributed by atoms with Crippen molar-refractivity contribution in [2.75, 3.05) is 48.4 Å². The van der Waals surface area contributed by atoms with E-state index in [2.05, 4.69) is 20.2 Å². The fourth-order valence-corrected chi connectivity index (χ4v) is 4.77. The van der Waals surface area contributed by atoms with E-state index in [0.717, 1.165) is 17.1 Å². The number of amides is 1. The second-order valence-corrected chi connectivity index (χ2v) is 9.86. The van der Waals surface area contributed by atoms with Gasteiger partial charge >= 0.3 is 0 Å². The Hall–Kier alpha value is -2.17. The van der Waals surface area contributed by atoms with Gasteiger partial charge in [-0.25, -0.2) is 18.4 Å². The first-order chi connectivity index (χ1) is 13.7. The van der Waals surface area contributed by atoms with Gasteiger partial charge in [0.1, 0.15) is 0 Å².